The number of nitro groups is 1. The lowest BCUT2D eigenvalue weighted by atomic mass is 10.1. The Bertz CT molecular complexity index is 869. The minimum absolute atomic E-state index is 0.0172. The predicted molar refractivity (Wildman–Crippen MR) is 87.9 cm³/mol. The first-order valence-corrected chi connectivity index (χ1v) is 7.10. The van der Waals surface area contributed by atoms with E-state index >= 15 is 0 Å². The zero-order valence-corrected chi connectivity index (χ0v) is 13.2. The summed E-state index contributed by atoms with van der Waals surface area (Å²) >= 11 is 0. The molecule has 1 amide bonds. The van der Waals surface area contributed by atoms with E-state index in [0.717, 1.165) is 13.2 Å². The predicted octanol–water partition coefficient (Wildman–Crippen LogP) is 2.43. The van der Waals surface area contributed by atoms with Gasteiger partial charge in [-0.1, -0.05) is 12.1 Å². The van der Waals surface area contributed by atoms with Crippen molar-refractivity contribution in [2.24, 2.45) is 0 Å². The van der Waals surface area contributed by atoms with Gasteiger partial charge in [0.2, 0.25) is 5.91 Å². The minimum atomic E-state index is -0.794. The molecule has 0 spiro atoms. The number of rotatable bonds is 5. The van der Waals surface area contributed by atoms with Crippen molar-refractivity contribution in [3.63, 3.8) is 0 Å². The highest BCUT2D eigenvalue weighted by Crippen LogP contribution is 2.23. The third-order valence-electron chi connectivity index (χ3n) is 3.34. The van der Waals surface area contributed by atoms with Crippen LogP contribution in [-0.4, -0.2) is 23.9 Å². The molecule has 8 nitrogen and oxygen atoms in total. The van der Waals surface area contributed by atoms with Crippen molar-refractivity contribution in [2.45, 2.75) is 6.42 Å². The molecule has 0 heterocycles. The Kier molecular flexibility index (Phi) is 5.43. The van der Waals surface area contributed by atoms with Crippen LogP contribution in [0.15, 0.2) is 42.5 Å². The van der Waals surface area contributed by atoms with Crippen LogP contribution in [0, 0.1) is 21.4 Å². The van der Waals surface area contributed by atoms with Crippen molar-refractivity contribution in [3.05, 3.63) is 69.3 Å². The Morgan fingerprint density at radius 2 is 1.92 bits per heavy atom. The number of hydrogen-bond acceptors (Lipinski definition) is 6. The summed E-state index contributed by atoms with van der Waals surface area (Å²) in [6.45, 7) is 0. The topological polar surface area (TPSA) is 122 Å². The van der Waals surface area contributed by atoms with Gasteiger partial charge >= 0.3 is 5.97 Å². The van der Waals surface area contributed by atoms with Gasteiger partial charge < -0.3 is 10.1 Å². The van der Waals surface area contributed by atoms with Crippen molar-refractivity contribution in [2.75, 3.05) is 12.4 Å². The molecule has 2 aromatic carbocycles. The Morgan fingerprint density at radius 1 is 1.24 bits per heavy atom. The number of hydrogen-bond donors (Lipinski definition) is 1. The Hall–Kier alpha value is -3.73. The largest absolute Gasteiger partial charge is 0.465 e. The van der Waals surface area contributed by atoms with Crippen LogP contribution in [0.25, 0.3) is 0 Å². The Labute approximate surface area is 142 Å². The summed E-state index contributed by atoms with van der Waals surface area (Å²) in [5.74, 6) is -1.21. The molecule has 25 heavy (non-hydrogen) atoms. The maximum absolute atomic E-state index is 12.2. The second kappa shape index (κ2) is 7.70. The smallest absolute Gasteiger partial charge is 0.340 e. The molecule has 0 aliphatic heterocycles. The molecule has 2 rings (SSSR count). The van der Waals surface area contributed by atoms with Crippen LogP contribution >= 0.6 is 0 Å². The number of nitro benzene ring substituents is 1. The maximum atomic E-state index is 12.2. The number of benzene rings is 2. The maximum Gasteiger partial charge on any atom is 0.340 e. The SMILES string of the molecule is COC(=O)c1cc([N+](=O)[O-])ccc1NC(=O)Cc1ccc(C#N)cc1. The molecule has 0 aliphatic rings. The number of anilines is 1. The number of ether oxygens (including phenoxy) is 1. The molecule has 0 saturated carbocycles. The van der Waals surface area contributed by atoms with Gasteiger partial charge in [-0.05, 0) is 23.8 Å². The van der Waals surface area contributed by atoms with E-state index in [0.29, 0.717) is 11.1 Å². The summed E-state index contributed by atoms with van der Waals surface area (Å²) in [4.78, 5) is 34.1. The highest BCUT2D eigenvalue weighted by Gasteiger charge is 2.18. The van der Waals surface area contributed by atoms with Gasteiger partial charge in [-0.3, -0.25) is 14.9 Å². The molecule has 0 aromatic heterocycles. The first-order chi connectivity index (χ1) is 11.9. The average Bonchev–Trinajstić information content (AvgIpc) is 2.61. The second-order valence-electron chi connectivity index (χ2n) is 5.01. The van der Waals surface area contributed by atoms with Crippen LogP contribution in [0.3, 0.4) is 0 Å². The first-order valence-electron chi connectivity index (χ1n) is 7.10. The van der Waals surface area contributed by atoms with Crippen LogP contribution in [0.4, 0.5) is 11.4 Å². The summed E-state index contributed by atoms with van der Waals surface area (Å²) in [5, 5.41) is 22.1. The van der Waals surface area contributed by atoms with Crippen molar-refractivity contribution < 1.29 is 19.2 Å². The standard InChI is InChI=1S/C17H13N3O5/c1-25-17(22)14-9-13(20(23)24)6-7-15(14)19-16(21)8-11-2-4-12(10-18)5-3-11/h2-7,9H,8H2,1H3,(H,19,21). The molecule has 0 aliphatic carbocycles. The van der Waals surface area contributed by atoms with Crippen LogP contribution in [0.5, 0.6) is 0 Å². The second-order valence-corrected chi connectivity index (χ2v) is 5.01. The lowest BCUT2D eigenvalue weighted by Gasteiger charge is -2.10. The van der Waals surface area contributed by atoms with E-state index in [9.17, 15) is 19.7 Å². The van der Waals surface area contributed by atoms with Crippen molar-refractivity contribution in [3.8, 4) is 6.07 Å². The fourth-order valence-corrected chi connectivity index (χ4v) is 2.11. The van der Waals surface area contributed by atoms with E-state index in [1.807, 2.05) is 6.07 Å². The minimum Gasteiger partial charge on any atom is -0.465 e. The molecule has 8 heteroatoms. The van der Waals surface area contributed by atoms with Gasteiger partial charge in [0.25, 0.3) is 5.69 Å². The molecule has 0 fully saturated rings. The van der Waals surface area contributed by atoms with E-state index < -0.39 is 16.8 Å². The van der Waals surface area contributed by atoms with Crippen molar-refractivity contribution >= 4 is 23.3 Å². The van der Waals surface area contributed by atoms with Crippen LogP contribution < -0.4 is 5.32 Å². The van der Waals surface area contributed by atoms with E-state index in [1.54, 1.807) is 24.3 Å². The van der Waals surface area contributed by atoms with E-state index in [2.05, 4.69) is 10.1 Å². The number of amides is 1. The van der Waals surface area contributed by atoms with Gasteiger partial charge in [0.15, 0.2) is 0 Å². The highest BCUT2D eigenvalue weighted by atomic mass is 16.6. The lowest BCUT2D eigenvalue weighted by Crippen LogP contribution is -2.17. The zero-order valence-electron chi connectivity index (χ0n) is 13.2. The normalized spacial score (nSPS) is 9.76. The zero-order chi connectivity index (χ0) is 18.4. The van der Waals surface area contributed by atoms with Crippen LogP contribution in [0.1, 0.15) is 21.5 Å². The third-order valence-corrected chi connectivity index (χ3v) is 3.34. The number of methoxy groups -OCH3 is 1. The van der Waals surface area contributed by atoms with Crippen molar-refractivity contribution in [1.29, 1.82) is 5.26 Å². The van der Waals surface area contributed by atoms with Crippen molar-refractivity contribution in [1.82, 2.24) is 0 Å². The van der Waals surface area contributed by atoms with Crippen LogP contribution in [-0.2, 0) is 16.0 Å². The molecule has 0 bridgehead atoms. The quantitative estimate of drug-likeness (QED) is 0.507. The number of carbonyl (C=O) groups excluding carboxylic acids is 2. The number of nitriles is 1. The Morgan fingerprint density at radius 3 is 2.48 bits per heavy atom. The van der Waals surface area contributed by atoms with Gasteiger partial charge in [-0.25, -0.2) is 4.79 Å². The molecular formula is C17H13N3O5. The average molecular weight is 339 g/mol. The number of non-ortho nitro benzene ring substituents is 1. The lowest BCUT2D eigenvalue weighted by molar-refractivity contribution is -0.384. The Balaban J connectivity index is 2.20. The molecule has 0 radical (unpaired) electrons. The van der Waals surface area contributed by atoms with E-state index in [4.69, 9.17) is 5.26 Å². The molecule has 0 saturated heterocycles. The fraction of sp³-hybridized carbons (Fsp3) is 0.118. The summed E-state index contributed by atoms with van der Waals surface area (Å²) < 4.78 is 4.59. The summed E-state index contributed by atoms with van der Waals surface area (Å²) in [7, 11) is 1.14. The number of nitrogens with zero attached hydrogens (tertiary/aromatic N) is 2. The fourth-order valence-electron chi connectivity index (χ4n) is 2.11. The van der Waals surface area contributed by atoms with Crippen LogP contribution in [0.2, 0.25) is 0 Å². The van der Waals surface area contributed by atoms with E-state index in [1.165, 1.54) is 12.1 Å². The van der Waals surface area contributed by atoms with Gasteiger partial charge in [0.05, 0.1) is 41.3 Å². The van der Waals surface area contributed by atoms with Gasteiger partial charge in [-0.15, -0.1) is 0 Å². The number of nitrogens with one attached hydrogen (secondary N) is 1. The van der Waals surface area contributed by atoms with Gasteiger partial charge in [0, 0.05) is 12.1 Å². The van der Waals surface area contributed by atoms with E-state index in [-0.39, 0.29) is 23.4 Å². The number of carbonyl (C=O) groups is 2. The summed E-state index contributed by atoms with van der Waals surface area (Å²) in [5.41, 5.74) is 0.886. The number of esters is 1. The molecule has 126 valence electrons. The monoisotopic (exact) mass is 339 g/mol. The third kappa shape index (κ3) is 4.39. The van der Waals surface area contributed by atoms with Gasteiger partial charge in [0.1, 0.15) is 0 Å². The molecular weight excluding hydrogens is 326 g/mol. The molecule has 0 atom stereocenters. The van der Waals surface area contributed by atoms with Gasteiger partial charge in [-0.2, -0.15) is 5.26 Å². The first kappa shape index (κ1) is 17.6. The molecule has 2 aromatic rings. The molecule has 0 unspecified atom stereocenters. The molecule has 1 N–H and O–H groups in total. The highest BCUT2D eigenvalue weighted by molar-refractivity contribution is 6.02. The summed E-state index contributed by atoms with van der Waals surface area (Å²) in [6, 6.07) is 12.0. The summed E-state index contributed by atoms with van der Waals surface area (Å²) in [6.07, 6.45) is 0.0172.